The topological polar surface area (TPSA) is 73.2 Å². The van der Waals surface area contributed by atoms with Crippen molar-refractivity contribution in [2.24, 2.45) is 0 Å². The Hall–Kier alpha value is -4.69. The highest BCUT2D eigenvalue weighted by molar-refractivity contribution is 6.06. The van der Waals surface area contributed by atoms with Gasteiger partial charge in [-0.05, 0) is 60.0 Å². The Kier molecular flexibility index (Phi) is 7.90. The van der Waals surface area contributed by atoms with Gasteiger partial charge in [-0.3, -0.25) is 9.59 Å². The number of carbonyl (C=O) groups excluding carboxylic acids is 2. The Morgan fingerprint density at radius 1 is 0.806 bits per heavy atom. The molecule has 0 aliphatic rings. The molecular weight excluding hydrogens is 446 g/mol. The highest BCUT2D eigenvalue weighted by Crippen LogP contribution is 2.22. The Morgan fingerprint density at radius 2 is 1.50 bits per heavy atom. The second-order valence-corrected chi connectivity index (χ2v) is 8.68. The van der Waals surface area contributed by atoms with Crippen molar-refractivity contribution in [2.75, 3.05) is 4.90 Å². The third-order valence-corrected chi connectivity index (χ3v) is 5.85. The molecule has 0 atom stereocenters. The molecule has 0 saturated heterocycles. The Balaban J connectivity index is 1.53. The van der Waals surface area contributed by atoms with Crippen LogP contribution in [0.3, 0.4) is 0 Å². The molecule has 0 aromatic heterocycles. The normalized spacial score (nSPS) is 10.3. The molecule has 5 nitrogen and oxygen atoms in total. The van der Waals surface area contributed by atoms with Gasteiger partial charge in [-0.2, -0.15) is 5.26 Å². The molecule has 0 aliphatic carbocycles. The molecule has 0 aliphatic heterocycles. The zero-order valence-corrected chi connectivity index (χ0v) is 20.1. The van der Waals surface area contributed by atoms with E-state index in [1.807, 2.05) is 79.7 Å². The summed E-state index contributed by atoms with van der Waals surface area (Å²) >= 11 is 0. The summed E-state index contributed by atoms with van der Waals surface area (Å²) < 4.78 is 0. The van der Waals surface area contributed by atoms with E-state index in [-0.39, 0.29) is 18.2 Å². The number of rotatable bonds is 8. The minimum Gasteiger partial charge on any atom is -0.352 e. The Morgan fingerprint density at radius 3 is 2.22 bits per heavy atom. The van der Waals surface area contributed by atoms with Crippen LogP contribution in [0.4, 0.5) is 5.69 Å². The number of hydrogen-bond donors (Lipinski definition) is 1. The third kappa shape index (κ3) is 6.46. The van der Waals surface area contributed by atoms with Crippen LogP contribution in [-0.4, -0.2) is 11.8 Å². The van der Waals surface area contributed by atoms with Gasteiger partial charge in [0.1, 0.15) is 0 Å². The highest BCUT2D eigenvalue weighted by Gasteiger charge is 2.19. The van der Waals surface area contributed by atoms with E-state index in [4.69, 9.17) is 5.26 Å². The lowest BCUT2D eigenvalue weighted by atomic mass is 10.1. The first-order valence-electron chi connectivity index (χ1n) is 11.8. The average molecular weight is 474 g/mol. The lowest BCUT2D eigenvalue weighted by Gasteiger charge is -2.24. The number of carbonyl (C=O) groups is 2. The number of benzene rings is 4. The van der Waals surface area contributed by atoms with E-state index in [1.165, 1.54) is 0 Å². The molecule has 2 amide bonds. The molecule has 0 bridgehead atoms. The van der Waals surface area contributed by atoms with Crippen LogP contribution >= 0.6 is 0 Å². The Labute approximate surface area is 211 Å². The molecule has 36 heavy (non-hydrogen) atoms. The predicted octanol–water partition coefficient (Wildman–Crippen LogP) is 5.57. The van der Waals surface area contributed by atoms with Gasteiger partial charge < -0.3 is 10.2 Å². The first-order chi connectivity index (χ1) is 17.5. The smallest absolute Gasteiger partial charge is 0.258 e. The molecule has 0 fully saturated rings. The molecule has 1 N–H and O–H groups in total. The van der Waals surface area contributed by atoms with Crippen LogP contribution in [0.2, 0.25) is 0 Å². The van der Waals surface area contributed by atoms with Gasteiger partial charge in [-0.1, -0.05) is 72.3 Å². The number of nitrogens with one attached hydrogen (secondary N) is 1. The second kappa shape index (κ2) is 11.6. The van der Waals surface area contributed by atoms with E-state index in [0.29, 0.717) is 29.9 Å². The van der Waals surface area contributed by atoms with Crippen LogP contribution in [0.1, 0.15) is 38.2 Å². The van der Waals surface area contributed by atoms with Gasteiger partial charge in [0.25, 0.3) is 5.91 Å². The van der Waals surface area contributed by atoms with Crippen molar-refractivity contribution >= 4 is 17.5 Å². The van der Waals surface area contributed by atoms with Gasteiger partial charge >= 0.3 is 0 Å². The summed E-state index contributed by atoms with van der Waals surface area (Å²) in [5.41, 5.74) is 5.71. The number of anilines is 1. The molecule has 178 valence electrons. The van der Waals surface area contributed by atoms with E-state index in [1.54, 1.807) is 29.2 Å². The van der Waals surface area contributed by atoms with Crippen molar-refractivity contribution in [3.63, 3.8) is 0 Å². The van der Waals surface area contributed by atoms with Crippen molar-refractivity contribution in [1.82, 2.24) is 5.32 Å². The van der Waals surface area contributed by atoms with Crippen LogP contribution < -0.4 is 10.2 Å². The van der Waals surface area contributed by atoms with E-state index in [9.17, 15) is 9.59 Å². The van der Waals surface area contributed by atoms with E-state index < -0.39 is 0 Å². The predicted molar refractivity (Wildman–Crippen MR) is 141 cm³/mol. The summed E-state index contributed by atoms with van der Waals surface area (Å²) in [4.78, 5) is 27.9. The molecule has 0 radical (unpaired) electrons. The van der Waals surface area contributed by atoms with E-state index in [2.05, 4.69) is 17.5 Å². The van der Waals surface area contributed by atoms with Crippen molar-refractivity contribution < 1.29 is 9.59 Å². The number of nitrogens with zero attached hydrogens (tertiary/aromatic N) is 2. The fraction of sp³-hybridized carbons (Fsp3) is 0.129. The first kappa shape index (κ1) is 24.4. The maximum Gasteiger partial charge on any atom is 0.258 e. The van der Waals surface area contributed by atoms with Gasteiger partial charge in [0.15, 0.2) is 0 Å². The summed E-state index contributed by atoms with van der Waals surface area (Å²) in [6, 6.07) is 34.0. The fourth-order valence-electron chi connectivity index (χ4n) is 3.99. The zero-order valence-electron chi connectivity index (χ0n) is 20.1. The first-order valence-corrected chi connectivity index (χ1v) is 11.8. The number of hydrogen-bond acceptors (Lipinski definition) is 3. The van der Waals surface area contributed by atoms with Crippen molar-refractivity contribution in [3.8, 4) is 6.07 Å². The minimum absolute atomic E-state index is 0.0818. The second-order valence-electron chi connectivity index (χ2n) is 8.68. The molecule has 0 spiro atoms. The number of nitriles is 1. The molecule has 4 aromatic rings. The Bertz CT molecular complexity index is 1390. The van der Waals surface area contributed by atoms with Gasteiger partial charge in [-0.25, -0.2) is 0 Å². The molecule has 0 saturated carbocycles. The molecule has 5 heteroatoms. The molecule has 0 unspecified atom stereocenters. The average Bonchev–Trinajstić information content (AvgIpc) is 2.91. The van der Waals surface area contributed by atoms with Crippen LogP contribution in [0.5, 0.6) is 0 Å². The summed E-state index contributed by atoms with van der Waals surface area (Å²) in [7, 11) is 0. The lowest BCUT2D eigenvalue weighted by Crippen LogP contribution is -2.30. The van der Waals surface area contributed by atoms with E-state index in [0.717, 1.165) is 22.3 Å². The van der Waals surface area contributed by atoms with Crippen molar-refractivity contribution in [1.29, 1.82) is 5.26 Å². The van der Waals surface area contributed by atoms with Crippen molar-refractivity contribution in [2.45, 2.75) is 26.4 Å². The van der Waals surface area contributed by atoms with Crippen LogP contribution in [-0.2, 0) is 24.3 Å². The summed E-state index contributed by atoms with van der Waals surface area (Å²) in [5, 5.41) is 12.1. The number of amides is 2. The van der Waals surface area contributed by atoms with Crippen LogP contribution in [0.25, 0.3) is 0 Å². The fourth-order valence-corrected chi connectivity index (χ4v) is 3.99. The van der Waals surface area contributed by atoms with Gasteiger partial charge in [0.2, 0.25) is 5.91 Å². The molecule has 0 heterocycles. The van der Waals surface area contributed by atoms with Gasteiger partial charge in [0.05, 0.1) is 24.6 Å². The standard InChI is InChI=1S/C31H27N3O2/c1-23-7-5-11-27(17-23)21-33-30(35)19-26-10-6-12-29(18-26)34(22-25-8-3-2-4-9-25)31(36)28-15-13-24(20-32)14-16-28/h2-18H,19,21-22H2,1H3,(H,33,35). The van der Waals surface area contributed by atoms with Crippen LogP contribution in [0, 0.1) is 18.3 Å². The quantitative estimate of drug-likeness (QED) is 0.363. The maximum atomic E-state index is 13.5. The third-order valence-electron chi connectivity index (χ3n) is 5.85. The highest BCUT2D eigenvalue weighted by atomic mass is 16.2. The maximum absolute atomic E-state index is 13.5. The molecule has 4 aromatic carbocycles. The van der Waals surface area contributed by atoms with E-state index >= 15 is 0 Å². The summed E-state index contributed by atoms with van der Waals surface area (Å²) in [6.45, 7) is 2.87. The molecule has 4 rings (SSSR count). The van der Waals surface area contributed by atoms with Gasteiger partial charge in [-0.15, -0.1) is 0 Å². The monoisotopic (exact) mass is 473 g/mol. The van der Waals surface area contributed by atoms with Crippen LogP contribution in [0.15, 0.2) is 103 Å². The largest absolute Gasteiger partial charge is 0.352 e. The zero-order chi connectivity index (χ0) is 25.3. The minimum atomic E-state index is -0.176. The SMILES string of the molecule is Cc1cccc(CNC(=O)Cc2cccc(N(Cc3ccccc3)C(=O)c3ccc(C#N)cc3)c2)c1. The summed E-state index contributed by atoms with van der Waals surface area (Å²) in [5.74, 6) is -0.258. The molecular formula is C31H27N3O2. The summed E-state index contributed by atoms with van der Waals surface area (Å²) in [6.07, 6.45) is 0.212. The number of aryl methyl sites for hydroxylation is 1. The van der Waals surface area contributed by atoms with Crippen molar-refractivity contribution in [3.05, 3.63) is 137 Å². The van der Waals surface area contributed by atoms with Gasteiger partial charge in [0, 0.05) is 17.8 Å². The lowest BCUT2D eigenvalue weighted by molar-refractivity contribution is -0.120.